The molecule has 11 rings (SSSR count). The van der Waals surface area contributed by atoms with E-state index in [1.165, 1.54) is 33.0 Å². The van der Waals surface area contributed by atoms with Crippen molar-refractivity contribution in [3.05, 3.63) is 173 Å². The average Bonchev–Trinajstić information content (AvgIpc) is 3.83. The molecule has 0 amide bonds. The SMILES string of the molecule is CC/C=C\c1c(C)oc2c1C=C(c1nc(-c3ccccc3)nc(-c3ccc(-c4cccc5oc6ccc(-c7ccc8c9c(ccc8c7)CCC=C9)cc6c45)cc3)n1)CC2. The van der Waals surface area contributed by atoms with Gasteiger partial charge in [0, 0.05) is 39.4 Å². The minimum atomic E-state index is 0.644. The maximum Gasteiger partial charge on any atom is 0.164 e. The molecule has 284 valence electrons. The Morgan fingerprint density at radius 3 is 2.22 bits per heavy atom. The second-order valence-corrected chi connectivity index (χ2v) is 15.6. The van der Waals surface area contributed by atoms with Gasteiger partial charge in [0.25, 0.3) is 0 Å². The molecule has 3 heterocycles. The van der Waals surface area contributed by atoms with Crippen molar-refractivity contribution in [1.82, 2.24) is 15.0 Å². The van der Waals surface area contributed by atoms with E-state index < -0.39 is 0 Å². The molecule has 2 aliphatic carbocycles. The van der Waals surface area contributed by atoms with Gasteiger partial charge in [-0.15, -0.1) is 0 Å². The maximum atomic E-state index is 6.46. The van der Waals surface area contributed by atoms with E-state index >= 15 is 0 Å². The van der Waals surface area contributed by atoms with Crippen LogP contribution in [0.25, 0.3) is 102 Å². The molecule has 0 aliphatic heterocycles. The van der Waals surface area contributed by atoms with E-state index in [-0.39, 0.29) is 0 Å². The number of nitrogens with zero attached hydrogens (tertiary/aromatic N) is 3. The lowest BCUT2D eigenvalue weighted by Gasteiger charge is -2.14. The Bertz CT molecular complexity index is 3200. The normalized spacial score (nSPS) is 13.7. The van der Waals surface area contributed by atoms with Crippen molar-refractivity contribution in [3.8, 4) is 45.0 Å². The van der Waals surface area contributed by atoms with Gasteiger partial charge in [-0.2, -0.15) is 0 Å². The van der Waals surface area contributed by atoms with Crippen LogP contribution in [0.5, 0.6) is 0 Å². The van der Waals surface area contributed by atoms with E-state index in [4.69, 9.17) is 23.8 Å². The molecule has 0 unspecified atom stereocenters. The molecule has 59 heavy (non-hydrogen) atoms. The van der Waals surface area contributed by atoms with Crippen molar-refractivity contribution in [2.45, 2.75) is 46.0 Å². The molecule has 0 saturated heterocycles. The number of hydrogen-bond acceptors (Lipinski definition) is 5. The molecule has 0 saturated carbocycles. The van der Waals surface area contributed by atoms with Gasteiger partial charge in [-0.3, -0.25) is 0 Å². The van der Waals surface area contributed by atoms with Crippen LogP contribution in [0.3, 0.4) is 0 Å². The van der Waals surface area contributed by atoms with Crippen molar-refractivity contribution in [1.29, 1.82) is 0 Å². The fourth-order valence-electron chi connectivity index (χ4n) is 8.94. The third-order valence-electron chi connectivity index (χ3n) is 12.0. The summed E-state index contributed by atoms with van der Waals surface area (Å²) in [5.41, 5.74) is 14.3. The quantitative estimate of drug-likeness (QED) is 0.162. The van der Waals surface area contributed by atoms with Crippen LogP contribution in [0.15, 0.2) is 142 Å². The van der Waals surface area contributed by atoms with Gasteiger partial charge >= 0.3 is 0 Å². The molecule has 5 heteroatoms. The van der Waals surface area contributed by atoms with Gasteiger partial charge in [0.2, 0.25) is 0 Å². The number of benzene rings is 6. The fraction of sp³-hybridized carbons (Fsp3) is 0.130. The summed E-state index contributed by atoms with van der Waals surface area (Å²) in [6.07, 6.45) is 15.9. The van der Waals surface area contributed by atoms with Gasteiger partial charge in [-0.1, -0.05) is 128 Å². The standard InChI is InChI=1S/C54H41N3O2/c1-3-4-14-42-33(2)58-48-29-26-41(32-46(42)48)54-56-52(36-12-6-5-7-13-36)55-53(57-54)37-21-18-35(19-22-37)45-16-10-17-50-51(45)47-31-39(25-28-49(47)59-50)38-24-27-44-40(30-38)23-20-34-11-8-9-15-43(34)44/h4-7,9-10,12-25,27-28,30-32H,3,8,11,26,29H2,1-2H3/b14-4-. The third kappa shape index (κ3) is 6.22. The zero-order valence-electron chi connectivity index (χ0n) is 33.1. The first-order valence-electron chi connectivity index (χ1n) is 20.7. The van der Waals surface area contributed by atoms with E-state index in [2.05, 4.69) is 140 Å². The number of allylic oxidation sites excluding steroid dienone is 3. The largest absolute Gasteiger partial charge is 0.465 e. The second-order valence-electron chi connectivity index (χ2n) is 15.6. The van der Waals surface area contributed by atoms with E-state index in [0.29, 0.717) is 17.5 Å². The van der Waals surface area contributed by atoms with Crippen LogP contribution in [-0.2, 0) is 12.8 Å². The number of aromatic nitrogens is 3. The van der Waals surface area contributed by atoms with Gasteiger partial charge < -0.3 is 8.83 Å². The van der Waals surface area contributed by atoms with Crippen LogP contribution < -0.4 is 0 Å². The molecular weight excluding hydrogens is 723 g/mol. The Morgan fingerprint density at radius 2 is 1.37 bits per heavy atom. The predicted molar refractivity (Wildman–Crippen MR) is 243 cm³/mol. The summed E-state index contributed by atoms with van der Waals surface area (Å²) in [5.74, 6) is 3.96. The van der Waals surface area contributed by atoms with Crippen molar-refractivity contribution in [2.24, 2.45) is 0 Å². The molecule has 3 aromatic heterocycles. The summed E-state index contributed by atoms with van der Waals surface area (Å²) >= 11 is 0. The first kappa shape index (κ1) is 35.1. The maximum absolute atomic E-state index is 6.46. The number of rotatable bonds is 7. The highest BCUT2D eigenvalue weighted by Gasteiger charge is 2.23. The lowest BCUT2D eigenvalue weighted by Crippen LogP contribution is -2.05. The minimum Gasteiger partial charge on any atom is -0.465 e. The Morgan fingerprint density at radius 1 is 0.610 bits per heavy atom. The van der Waals surface area contributed by atoms with Crippen molar-refractivity contribution in [2.75, 3.05) is 0 Å². The Hall–Kier alpha value is -7.11. The highest BCUT2D eigenvalue weighted by atomic mass is 16.3. The molecule has 0 bridgehead atoms. The molecule has 6 aromatic carbocycles. The van der Waals surface area contributed by atoms with Crippen LogP contribution in [0.4, 0.5) is 0 Å². The molecule has 0 N–H and O–H groups in total. The molecule has 2 aliphatic rings. The van der Waals surface area contributed by atoms with Crippen molar-refractivity contribution in [3.63, 3.8) is 0 Å². The van der Waals surface area contributed by atoms with E-state index in [1.54, 1.807) is 0 Å². The van der Waals surface area contributed by atoms with Crippen LogP contribution in [0, 0.1) is 6.92 Å². The summed E-state index contributed by atoms with van der Waals surface area (Å²) in [6.45, 7) is 4.19. The van der Waals surface area contributed by atoms with Crippen molar-refractivity contribution < 1.29 is 8.83 Å². The first-order valence-corrected chi connectivity index (χ1v) is 20.7. The number of furan rings is 2. The first-order chi connectivity index (χ1) is 29.1. The molecule has 9 aromatic rings. The zero-order chi connectivity index (χ0) is 39.5. The summed E-state index contributed by atoms with van der Waals surface area (Å²) in [6, 6.07) is 43.1. The second kappa shape index (κ2) is 14.4. The lowest BCUT2D eigenvalue weighted by molar-refractivity contribution is 0.482. The monoisotopic (exact) mass is 763 g/mol. The van der Waals surface area contributed by atoms with Crippen LogP contribution in [0.2, 0.25) is 0 Å². The molecule has 0 atom stereocenters. The third-order valence-corrected chi connectivity index (χ3v) is 12.0. The smallest absolute Gasteiger partial charge is 0.164 e. The number of hydrogen-bond donors (Lipinski definition) is 0. The van der Waals surface area contributed by atoms with Crippen LogP contribution in [-0.4, -0.2) is 15.0 Å². The van der Waals surface area contributed by atoms with Gasteiger partial charge in [-0.25, -0.2) is 15.0 Å². The Labute approximate surface area is 343 Å². The highest BCUT2D eigenvalue weighted by Crippen LogP contribution is 2.41. The van der Waals surface area contributed by atoms with E-state index in [1.807, 2.05) is 25.1 Å². The van der Waals surface area contributed by atoms with Gasteiger partial charge in [-0.05, 0) is 113 Å². The number of aryl methyl sites for hydroxylation is 3. The summed E-state index contributed by atoms with van der Waals surface area (Å²) < 4.78 is 12.7. The molecular formula is C54H41N3O2. The predicted octanol–water partition coefficient (Wildman–Crippen LogP) is 14.4. The summed E-state index contributed by atoms with van der Waals surface area (Å²) in [7, 11) is 0. The highest BCUT2D eigenvalue weighted by molar-refractivity contribution is 6.13. The zero-order valence-corrected chi connectivity index (χ0v) is 33.1. The summed E-state index contributed by atoms with van der Waals surface area (Å²) in [5, 5.41) is 4.79. The minimum absolute atomic E-state index is 0.644. The van der Waals surface area contributed by atoms with Crippen LogP contribution >= 0.6 is 0 Å². The molecule has 0 spiro atoms. The Balaban J connectivity index is 0.974. The van der Waals surface area contributed by atoms with Gasteiger partial charge in [0.1, 0.15) is 22.7 Å². The average molecular weight is 764 g/mol. The molecule has 5 nitrogen and oxygen atoms in total. The van der Waals surface area contributed by atoms with Gasteiger partial charge in [0.15, 0.2) is 17.5 Å². The molecule has 0 fully saturated rings. The number of fused-ring (bicyclic) bond motifs is 7. The van der Waals surface area contributed by atoms with Gasteiger partial charge in [0.05, 0.1) is 0 Å². The fourth-order valence-corrected chi connectivity index (χ4v) is 8.94. The molecule has 0 radical (unpaired) electrons. The van der Waals surface area contributed by atoms with E-state index in [9.17, 15) is 0 Å². The Kier molecular flexibility index (Phi) is 8.54. The summed E-state index contributed by atoms with van der Waals surface area (Å²) in [4.78, 5) is 15.2. The topological polar surface area (TPSA) is 65.0 Å². The van der Waals surface area contributed by atoms with E-state index in [0.717, 1.165) is 105 Å². The van der Waals surface area contributed by atoms with Crippen LogP contribution in [0.1, 0.15) is 65.8 Å². The lowest BCUT2D eigenvalue weighted by atomic mass is 9.90. The van der Waals surface area contributed by atoms with Crippen molar-refractivity contribution >= 4 is 56.5 Å².